The smallest absolute Gasteiger partial charge is 0.355 e. The fourth-order valence-electron chi connectivity index (χ4n) is 1.92. The van der Waals surface area contributed by atoms with Crippen molar-refractivity contribution in [2.75, 3.05) is 0 Å². The number of carbonyl (C=O) groups is 2. The molecule has 0 saturated carbocycles. The molecule has 2 N–H and O–H groups in total. The molecular formula is C14H15N3O3S. The van der Waals surface area contributed by atoms with Crippen molar-refractivity contribution >= 4 is 23.2 Å². The summed E-state index contributed by atoms with van der Waals surface area (Å²) in [7, 11) is 0. The lowest BCUT2D eigenvalue weighted by Crippen LogP contribution is -2.24. The third-order valence-electron chi connectivity index (χ3n) is 2.87. The van der Waals surface area contributed by atoms with E-state index in [0.717, 1.165) is 11.1 Å². The van der Waals surface area contributed by atoms with E-state index >= 15 is 0 Å². The Hall–Kier alpha value is -2.28. The number of thiazole rings is 1. The van der Waals surface area contributed by atoms with E-state index in [9.17, 15) is 9.59 Å². The van der Waals surface area contributed by atoms with Crippen LogP contribution in [0, 0.1) is 20.8 Å². The molecule has 0 aliphatic heterocycles. The zero-order chi connectivity index (χ0) is 15.6. The number of rotatable bonds is 4. The largest absolute Gasteiger partial charge is 0.476 e. The summed E-state index contributed by atoms with van der Waals surface area (Å²) in [5.74, 6) is -1.35. The number of nitrogens with one attached hydrogen (secondary N) is 1. The second-order valence-electron chi connectivity index (χ2n) is 4.68. The van der Waals surface area contributed by atoms with E-state index in [2.05, 4.69) is 15.3 Å². The first-order chi connectivity index (χ1) is 9.88. The first-order valence-electron chi connectivity index (χ1n) is 6.29. The highest BCUT2D eigenvalue weighted by Gasteiger charge is 2.15. The fraction of sp³-hybridized carbons (Fsp3) is 0.286. The van der Waals surface area contributed by atoms with Crippen molar-refractivity contribution in [2.24, 2.45) is 0 Å². The minimum absolute atomic E-state index is 0.0360. The van der Waals surface area contributed by atoms with Gasteiger partial charge in [-0.1, -0.05) is 6.07 Å². The summed E-state index contributed by atoms with van der Waals surface area (Å²) < 4.78 is 0. The van der Waals surface area contributed by atoms with E-state index in [0.29, 0.717) is 15.6 Å². The van der Waals surface area contributed by atoms with Crippen LogP contribution in [-0.4, -0.2) is 27.0 Å². The van der Waals surface area contributed by atoms with Crippen molar-refractivity contribution in [1.29, 1.82) is 0 Å². The number of carboxylic acid groups (broad SMARTS) is 1. The fourth-order valence-corrected chi connectivity index (χ4v) is 2.78. The zero-order valence-corrected chi connectivity index (χ0v) is 12.7. The monoisotopic (exact) mass is 305 g/mol. The van der Waals surface area contributed by atoms with Gasteiger partial charge in [-0.25, -0.2) is 9.78 Å². The number of carbonyl (C=O) groups excluding carboxylic acids is 1. The van der Waals surface area contributed by atoms with Gasteiger partial charge in [0.15, 0.2) is 5.69 Å². The van der Waals surface area contributed by atoms with E-state index in [-0.39, 0.29) is 18.1 Å². The Morgan fingerprint density at radius 2 is 2.00 bits per heavy atom. The number of aromatic carboxylic acids is 1. The molecule has 0 aliphatic carbocycles. The van der Waals surface area contributed by atoms with Gasteiger partial charge in [-0.3, -0.25) is 9.78 Å². The second-order valence-corrected chi connectivity index (χ2v) is 5.97. The molecule has 1 amide bonds. The molecule has 0 saturated heterocycles. The van der Waals surface area contributed by atoms with Gasteiger partial charge in [0.1, 0.15) is 10.7 Å². The van der Waals surface area contributed by atoms with Gasteiger partial charge >= 0.3 is 5.97 Å². The van der Waals surface area contributed by atoms with Crippen LogP contribution in [0.15, 0.2) is 12.3 Å². The molecule has 7 heteroatoms. The summed E-state index contributed by atoms with van der Waals surface area (Å²) in [6.45, 7) is 5.61. The molecule has 0 fully saturated rings. The Kier molecular flexibility index (Phi) is 4.32. The molecule has 6 nitrogen and oxygen atoms in total. The van der Waals surface area contributed by atoms with Gasteiger partial charge in [0, 0.05) is 11.1 Å². The zero-order valence-electron chi connectivity index (χ0n) is 11.9. The molecule has 0 aromatic carbocycles. The topological polar surface area (TPSA) is 92.2 Å². The molecule has 0 unspecified atom stereocenters. The molecule has 2 aromatic rings. The Balaban J connectivity index is 2.07. The Labute approximate surface area is 125 Å². The summed E-state index contributed by atoms with van der Waals surface area (Å²) in [5.41, 5.74) is 2.20. The quantitative estimate of drug-likeness (QED) is 0.902. The number of aromatic nitrogens is 2. The molecule has 0 spiro atoms. The highest BCUT2D eigenvalue weighted by Crippen LogP contribution is 2.17. The van der Waals surface area contributed by atoms with Crippen LogP contribution in [0.5, 0.6) is 0 Å². The molecule has 2 aromatic heterocycles. The predicted octanol–water partition coefficient (Wildman–Crippen LogP) is 2.09. The SMILES string of the molecule is Cc1cnc(C(=O)NCc2nc(C(=O)O)c(C)s2)c(C)c1. The first-order valence-corrected chi connectivity index (χ1v) is 7.11. The van der Waals surface area contributed by atoms with Gasteiger partial charge in [0.2, 0.25) is 0 Å². The average molecular weight is 305 g/mol. The van der Waals surface area contributed by atoms with Crippen LogP contribution in [0.4, 0.5) is 0 Å². The predicted molar refractivity (Wildman–Crippen MR) is 78.7 cm³/mol. The van der Waals surface area contributed by atoms with E-state index in [1.807, 2.05) is 19.9 Å². The summed E-state index contributed by atoms with van der Waals surface area (Å²) in [6.07, 6.45) is 1.64. The highest BCUT2D eigenvalue weighted by atomic mass is 32.1. The van der Waals surface area contributed by atoms with Crippen LogP contribution in [0.1, 0.15) is 42.0 Å². The lowest BCUT2D eigenvalue weighted by Gasteiger charge is -2.06. The normalized spacial score (nSPS) is 10.4. The molecule has 21 heavy (non-hydrogen) atoms. The minimum atomic E-state index is -1.06. The number of amides is 1. The van der Waals surface area contributed by atoms with Gasteiger partial charge in [0.05, 0.1) is 6.54 Å². The third-order valence-corrected chi connectivity index (χ3v) is 3.84. The van der Waals surface area contributed by atoms with Crippen LogP contribution in [0.25, 0.3) is 0 Å². The number of carboxylic acids is 1. The Bertz CT molecular complexity index is 709. The van der Waals surface area contributed by atoms with Crippen molar-refractivity contribution in [3.63, 3.8) is 0 Å². The van der Waals surface area contributed by atoms with Crippen LogP contribution in [0.2, 0.25) is 0 Å². The summed E-state index contributed by atoms with van der Waals surface area (Å²) in [6, 6.07) is 1.89. The van der Waals surface area contributed by atoms with Gasteiger partial charge in [-0.2, -0.15) is 0 Å². The number of aryl methyl sites for hydroxylation is 3. The van der Waals surface area contributed by atoms with Crippen molar-refractivity contribution in [3.8, 4) is 0 Å². The standard InChI is InChI=1S/C14H15N3O3S/c1-7-4-8(2)11(15-5-7)13(18)16-6-10-17-12(14(19)20)9(3)21-10/h4-5H,6H2,1-3H3,(H,16,18)(H,19,20). The third kappa shape index (κ3) is 3.43. The van der Waals surface area contributed by atoms with Gasteiger partial charge < -0.3 is 10.4 Å². The lowest BCUT2D eigenvalue weighted by molar-refractivity contribution is 0.0690. The van der Waals surface area contributed by atoms with Crippen molar-refractivity contribution in [3.05, 3.63) is 44.7 Å². The molecule has 0 bridgehead atoms. The minimum Gasteiger partial charge on any atom is -0.476 e. The van der Waals surface area contributed by atoms with Crippen molar-refractivity contribution < 1.29 is 14.7 Å². The number of nitrogens with zero attached hydrogens (tertiary/aromatic N) is 2. The summed E-state index contributed by atoms with van der Waals surface area (Å²) >= 11 is 1.26. The van der Waals surface area contributed by atoms with E-state index < -0.39 is 5.97 Å². The van der Waals surface area contributed by atoms with E-state index in [1.54, 1.807) is 13.1 Å². The number of pyridine rings is 1. The molecule has 2 heterocycles. The van der Waals surface area contributed by atoms with Gasteiger partial charge in [-0.05, 0) is 31.9 Å². The van der Waals surface area contributed by atoms with Gasteiger partial charge in [-0.15, -0.1) is 11.3 Å². The molecule has 0 aliphatic rings. The maximum Gasteiger partial charge on any atom is 0.355 e. The maximum atomic E-state index is 12.1. The molecule has 2 rings (SSSR count). The lowest BCUT2D eigenvalue weighted by atomic mass is 10.1. The molecular weight excluding hydrogens is 290 g/mol. The van der Waals surface area contributed by atoms with E-state index in [1.165, 1.54) is 11.3 Å². The van der Waals surface area contributed by atoms with Crippen LogP contribution in [0.3, 0.4) is 0 Å². The second kappa shape index (κ2) is 6.01. The van der Waals surface area contributed by atoms with Crippen LogP contribution < -0.4 is 5.32 Å². The van der Waals surface area contributed by atoms with Crippen molar-refractivity contribution in [2.45, 2.75) is 27.3 Å². The number of hydrogen-bond acceptors (Lipinski definition) is 5. The Morgan fingerprint density at radius 3 is 2.57 bits per heavy atom. The highest BCUT2D eigenvalue weighted by molar-refractivity contribution is 7.11. The van der Waals surface area contributed by atoms with Gasteiger partial charge in [0.25, 0.3) is 5.91 Å². The average Bonchev–Trinajstić information content (AvgIpc) is 2.77. The summed E-state index contributed by atoms with van der Waals surface area (Å²) in [5, 5.41) is 12.2. The summed E-state index contributed by atoms with van der Waals surface area (Å²) in [4.78, 5) is 31.7. The molecule has 110 valence electrons. The first kappa shape index (κ1) is 15.1. The van der Waals surface area contributed by atoms with E-state index in [4.69, 9.17) is 5.11 Å². The van der Waals surface area contributed by atoms with Crippen LogP contribution >= 0.6 is 11.3 Å². The molecule has 0 atom stereocenters. The Morgan fingerprint density at radius 1 is 1.29 bits per heavy atom. The maximum absolute atomic E-state index is 12.1. The number of hydrogen-bond donors (Lipinski definition) is 2. The van der Waals surface area contributed by atoms with Crippen LogP contribution in [-0.2, 0) is 6.54 Å². The molecule has 0 radical (unpaired) electrons. The van der Waals surface area contributed by atoms with Crippen molar-refractivity contribution in [1.82, 2.24) is 15.3 Å².